The zero-order valence-corrected chi connectivity index (χ0v) is 21.7. The van der Waals surface area contributed by atoms with E-state index in [9.17, 15) is 4.79 Å². The maximum atomic E-state index is 12.6. The van der Waals surface area contributed by atoms with Crippen molar-refractivity contribution in [2.45, 2.75) is 19.1 Å². The van der Waals surface area contributed by atoms with Gasteiger partial charge in [0.1, 0.15) is 18.5 Å². The molecule has 0 radical (unpaired) electrons. The Hall–Kier alpha value is -5.18. The summed E-state index contributed by atoms with van der Waals surface area (Å²) in [7, 11) is 0. The van der Waals surface area contributed by atoms with Crippen LogP contribution in [0.1, 0.15) is 22.7 Å². The van der Waals surface area contributed by atoms with Crippen LogP contribution in [0.5, 0.6) is 0 Å². The van der Waals surface area contributed by atoms with Gasteiger partial charge in [0.25, 0.3) is 0 Å². The summed E-state index contributed by atoms with van der Waals surface area (Å²) in [6.45, 7) is 2.06. The van der Waals surface area contributed by atoms with Gasteiger partial charge in [-0.3, -0.25) is 4.68 Å². The van der Waals surface area contributed by atoms with Crippen LogP contribution in [-0.2, 0) is 17.9 Å². The van der Waals surface area contributed by atoms with E-state index in [4.69, 9.17) is 15.6 Å². The SMILES string of the molecule is Nc1ncnn2c(C3CN(C(=O)OCc4ccccc4)C3)cc(-c3ccc4cn(Cc5ccccc5)nc4c3)c12. The van der Waals surface area contributed by atoms with Crippen molar-refractivity contribution < 1.29 is 9.53 Å². The Kier molecular flexibility index (Phi) is 5.88. The van der Waals surface area contributed by atoms with E-state index >= 15 is 0 Å². The highest BCUT2D eigenvalue weighted by Gasteiger charge is 2.35. The van der Waals surface area contributed by atoms with Crippen LogP contribution in [-0.4, -0.2) is 48.5 Å². The van der Waals surface area contributed by atoms with Gasteiger partial charge in [-0.1, -0.05) is 72.8 Å². The number of nitrogen functional groups attached to an aromatic ring is 1. The smallest absolute Gasteiger partial charge is 0.410 e. The minimum atomic E-state index is -0.313. The number of carbonyl (C=O) groups excluding carboxylic acids is 1. The van der Waals surface area contributed by atoms with Crippen molar-refractivity contribution in [2.75, 3.05) is 18.8 Å². The number of ether oxygens (including phenoxy) is 1. The van der Waals surface area contributed by atoms with Gasteiger partial charge in [-0.2, -0.15) is 10.2 Å². The van der Waals surface area contributed by atoms with E-state index in [1.807, 2.05) is 57.7 Å². The Morgan fingerprint density at radius 3 is 2.48 bits per heavy atom. The average Bonchev–Trinajstić information content (AvgIpc) is 3.54. The van der Waals surface area contributed by atoms with Crippen molar-refractivity contribution in [1.29, 1.82) is 0 Å². The summed E-state index contributed by atoms with van der Waals surface area (Å²) < 4.78 is 9.32. The predicted octanol–water partition coefficient (Wildman–Crippen LogP) is 5.11. The molecule has 1 fully saturated rings. The van der Waals surface area contributed by atoms with Gasteiger partial charge in [0.15, 0.2) is 5.82 Å². The number of aromatic nitrogens is 5. The monoisotopic (exact) mass is 529 g/mol. The molecule has 1 amide bonds. The lowest BCUT2D eigenvalue weighted by Crippen LogP contribution is -2.49. The molecule has 198 valence electrons. The number of nitrogens with zero attached hydrogens (tertiary/aromatic N) is 6. The van der Waals surface area contributed by atoms with E-state index in [1.165, 1.54) is 11.9 Å². The van der Waals surface area contributed by atoms with Gasteiger partial charge in [0.05, 0.1) is 17.8 Å². The number of rotatable bonds is 6. The number of anilines is 1. The van der Waals surface area contributed by atoms with Crippen LogP contribution in [0.4, 0.5) is 10.6 Å². The topological polar surface area (TPSA) is 104 Å². The lowest BCUT2D eigenvalue weighted by atomic mass is 9.96. The normalized spacial score (nSPS) is 13.6. The first-order chi connectivity index (χ1) is 19.6. The minimum absolute atomic E-state index is 0.105. The Morgan fingerprint density at radius 1 is 0.950 bits per heavy atom. The molecule has 0 saturated carbocycles. The lowest BCUT2D eigenvalue weighted by molar-refractivity contribution is 0.0654. The highest BCUT2D eigenvalue weighted by atomic mass is 16.6. The molecule has 1 aliphatic heterocycles. The summed E-state index contributed by atoms with van der Waals surface area (Å²) in [6.07, 6.45) is 3.22. The van der Waals surface area contributed by atoms with Crippen LogP contribution >= 0.6 is 0 Å². The number of fused-ring (bicyclic) bond motifs is 2. The molecule has 4 heterocycles. The number of likely N-dealkylation sites (tertiary alicyclic amines) is 1. The highest BCUT2D eigenvalue weighted by molar-refractivity contribution is 5.92. The molecule has 7 rings (SSSR count). The number of amides is 1. The third-order valence-electron chi connectivity index (χ3n) is 7.43. The maximum Gasteiger partial charge on any atom is 0.410 e. The van der Waals surface area contributed by atoms with Crippen molar-refractivity contribution in [2.24, 2.45) is 0 Å². The number of benzene rings is 3. The Labute approximate surface area is 230 Å². The van der Waals surface area contributed by atoms with Crippen LogP contribution in [0.3, 0.4) is 0 Å². The van der Waals surface area contributed by atoms with Gasteiger partial charge in [-0.25, -0.2) is 14.3 Å². The fraction of sp³-hybridized carbons (Fsp3) is 0.161. The quantitative estimate of drug-likeness (QED) is 0.322. The Bertz CT molecular complexity index is 1820. The van der Waals surface area contributed by atoms with E-state index in [-0.39, 0.29) is 18.6 Å². The Morgan fingerprint density at radius 2 is 1.70 bits per heavy atom. The number of hydrogen-bond donors (Lipinski definition) is 1. The van der Waals surface area contributed by atoms with Crippen LogP contribution < -0.4 is 5.73 Å². The van der Waals surface area contributed by atoms with Crippen LogP contribution in [0.2, 0.25) is 0 Å². The third-order valence-corrected chi connectivity index (χ3v) is 7.43. The summed E-state index contributed by atoms with van der Waals surface area (Å²) in [5.74, 6) is 0.512. The van der Waals surface area contributed by atoms with Crippen molar-refractivity contribution in [3.63, 3.8) is 0 Å². The first-order valence-corrected chi connectivity index (χ1v) is 13.2. The molecule has 1 saturated heterocycles. The molecular weight excluding hydrogens is 502 g/mol. The van der Waals surface area contributed by atoms with E-state index < -0.39 is 0 Å². The fourth-order valence-corrected chi connectivity index (χ4v) is 5.31. The molecule has 3 aromatic heterocycles. The van der Waals surface area contributed by atoms with Gasteiger partial charge >= 0.3 is 6.09 Å². The molecule has 6 aromatic rings. The molecule has 9 nitrogen and oxygen atoms in total. The number of hydrogen-bond acceptors (Lipinski definition) is 6. The molecule has 0 bridgehead atoms. The summed E-state index contributed by atoms with van der Waals surface area (Å²) in [4.78, 5) is 18.6. The summed E-state index contributed by atoms with van der Waals surface area (Å²) >= 11 is 0. The van der Waals surface area contributed by atoms with E-state index in [0.717, 1.165) is 38.8 Å². The van der Waals surface area contributed by atoms with Crippen molar-refractivity contribution in [3.05, 3.63) is 114 Å². The molecule has 0 aliphatic carbocycles. The summed E-state index contributed by atoms with van der Waals surface area (Å²) in [5.41, 5.74) is 13.1. The molecule has 3 aromatic carbocycles. The fourth-order valence-electron chi connectivity index (χ4n) is 5.31. The highest BCUT2D eigenvalue weighted by Crippen LogP contribution is 2.37. The molecule has 1 aliphatic rings. The maximum absolute atomic E-state index is 12.6. The standard InChI is InChI=1S/C31H27N7O2/c32-30-29-26(23-11-12-24-18-37(35-27(24)13-23)15-21-7-3-1-4-8-21)14-28(38(29)34-20-33-30)25-16-36(17-25)31(39)40-19-22-9-5-2-6-10-22/h1-14,18,20,25H,15-17,19H2,(H2,32,33,34). The second kappa shape index (κ2) is 9.85. The molecule has 0 spiro atoms. The van der Waals surface area contributed by atoms with Gasteiger partial charge in [0, 0.05) is 36.2 Å². The van der Waals surface area contributed by atoms with Gasteiger partial charge < -0.3 is 15.4 Å². The van der Waals surface area contributed by atoms with E-state index in [0.29, 0.717) is 25.5 Å². The largest absolute Gasteiger partial charge is 0.445 e. The average molecular weight is 530 g/mol. The number of carbonyl (C=O) groups is 1. The Balaban J connectivity index is 1.14. The molecule has 0 atom stereocenters. The molecule has 0 unspecified atom stereocenters. The first kappa shape index (κ1) is 23.9. The second-order valence-corrected chi connectivity index (χ2v) is 10.1. The zero-order chi connectivity index (χ0) is 27.1. The third kappa shape index (κ3) is 4.41. The summed E-state index contributed by atoms with van der Waals surface area (Å²) in [6, 6.07) is 28.3. The summed E-state index contributed by atoms with van der Waals surface area (Å²) in [5, 5.41) is 10.4. The predicted molar refractivity (Wildman–Crippen MR) is 153 cm³/mol. The zero-order valence-electron chi connectivity index (χ0n) is 21.7. The lowest BCUT2D eigenvalue weighted by Gasteiger charge is -2.38. The van der Waals surface area contributed by atoms with Gasteiger partial charge in [-0.15, -0.1) is 0 Å². The van der Waals surface area contributed by atoms with E-state index in [1.54, 1.807) is 4.90 Å². The second-order valence-electron chi connectivity index (χ2n) is 10.1. The van der Waals surface area contributed by atoms with E-state index in [2.05, 4.69) is 52.7 Å². The minimum Gasteiger partial charge on any atom is -0.445 e. The number of nitrogens with two attached hydrogens (primary N) is 1. The molecule has 2 N–H and O–H groups in total. The van der Waals surface area contributed by atoms with Crippen LogP contribution in [0.25, 0.3) is 27.5 Å². The molecule has 9 heteroatoms. The molecular formula is C31H27N7O2. The van der Waals surface area contributed by atoms with Crippen LogP contribution in [0, 0.1) is 0 Å². The van der Waals surface area contributed by atoms with Crippen molar-refractivity contribution in [3.8, 4) is 11.1 Å². The van der Waals surface area contributed by atoms with Gasteiger partial charge in [0.2, 0.25) is 0 Å². The van der Waals surface area contributed by atoms with Crippen molar-refractivity contribution in [1.82, 2.24) is 29.3 Å². The van der Waals surface area contributed by atoms with Crippen LogP contribution in [0.15, 0.2) is 97.5 Å². The molecule has 40 heavy (non-hydrogen) atoms. The van der Waals surface area contributed by atoms with Crippen molar-refractivity contribution >= 4 is 28.3 Å². The first-order valence-electron chi connectivity index (χ1n) is 13.2. The van der Waals surface area contributed by atoms with Gasteiger partial charge in [-0.05, 0) is 28.8 Å².